The summed E-state index contributed by atoms with van der Waals surface area (Å²) in [7, 11) is 0. The lowest BCUT2D eigenvalue weighted by molar-refractivity contribution is 0.0522. The summed E-state index contributed by atoms with van der Waals surface area (Å²) in [4.78, 5) is 25.1. The van der Waals surface area contributed by atoms with Crippen molar-refractivity contribution in [2.75, 3.05) is 18.5 Å². The molecule has 3 aromatic heterocycles. The Bertz CT molecular complexity index is 864. The van der Waals surface area contributed by atoms with Crippen LogP contribution in [-0.2, 0) is 11.3 Å². The third-order valence-electron chi connectivity index (χ3n) is 3.31. The van der Waals surface area contributed by atoms with Crippen LogP contribution in [0.5, 0.6) is 5.88 Å². The van der Waals surface area contributed by atoms with Gasteiger partial charge in [0.2, 0.25) is 11.8 Å². The summed E-state index contributed by atoms with van der Waals surface area (Å²) in [6, 6.07) is 5.59. The molecule has 0 aromatic carbocycles. The molecule has 1 N–H and O–H groups in total. The van der Waals surface area contributed by atoms with Gasteiger partial charge in [-0.15, -0.1) is 11.3 Å². The number of hydrogen-bond acceptors (Lipinski definition) is 8. The number of esters is 1. The number of fused-ring (bicyclic) bond motifs is 1. The molecule has 0 atom stereocenters. The second kappa shape index (κ2) is 7.89. The Labute approximate surface area is 149 Å². The van der Waals surface area contributed by atoms with Crippen molar-refractivity contribution >= 4 is 33.5 Å². The molecule has 0 amide bonds. The van der Waals surface area contributed by atoms with E-state index in [0.717, 1.165) is 15.8 Å². The smallest absolute Gasteiger partial charge is 0.358 e. The lowest BCUT2D eigenvalue weighted by atomic mass is 10.3. The Balaban J connectivity index is 1.78. The maximum atomic E-state index is 12.1. The van der Waals surface area contributed by atoms with E-state index in [0.29, 0.717) is 31.6 Å². The molecule has 0 aliphatic rings. The van der Waals surface area contributed by atoms with Crippen molar-refractivity contribution in [2.45, 2.75) is 20.4 Å². The molecule has 0 saturated heterocycles. The van der Waals surface area contributed by atoms with Crippen LogP contribution in [0.2, 0.25) is 0 Å². The van der Waals surface area contributed by atoms with Crippen LogP contribution < -0.4 is 10.1 Å². The Morgan fingerprint density at radius 1 is 1.20 bits per heavy atom. The first-order valence-corrected chi connectivity index (χ1v) is 8.83. The largest absolute Gasteiger partial charge is 0.478 e. The second-order valence-corrected chi connectivity index (χ2v) is 5.96. The highest BCUT2D eigenvalue weighted by molar-refractivity contribution is 7.17. The lowest BCUT2D eigenvalue weighted by Gasteiger charge is -2.08. The molecule has 8 heteroatoms. The summed E-state index contributed by atoms with van der Waals surface area (Å²) < 4.78 is 11.1. The molecule has 7 nitrogen and oxygen atoms in total. The van der Waals surface area contributed by atoms with Gasteiger partial charge in [-0.25, -0.2) is 19.7 Å². The van der Waals surface area contributed by atoms with Crippen molar-refractivity contribution in [3.05, 3.63) is 41.0 Å². The average molecular weight is 358 g/mol. The van der Waals surface area contributed by atoms with Gasteiger partial charge in [0.25, 0.3) is 0 Å². The van der Waals surface area contributed by atoms with E-state index in [4.69, 9.17) is 9.47 Å². The second-order valence-electron chi connectivity index (χ2n) is 5.04. The van der Waals surface area contributed by atoms with Crippen LogP contribution in [0, 0.1) is 0 Å². The van der Waals surface area contributed by atoms with Crippen molar-refractivity contribution in [2.24, 2.45) is 0 Å². The molecule has 0 aliphatic heterocycles. The van der Waals surface area contributed by atoms with Gasteiger partial charge in [0.05, 0.1) is 23.4 Å². The van der Waals surface area contributed by atoms with Gasteiger partial charge < -0.3 is 14.8 Å². The first kappa shape index (κ1) is 17.1. The average Bonchev–Trinajstić information content (AvgIpc) is 3.09. The van der Waals surface area contributed by atoms with Crippen LogP contribution in [0.4, 0.5) is 5.95 Å². The van der Waals surface area contributed by atoms with Gasteiger partial charge in [0.15, 0.2) is 5.69 Å². The molecule has 3 aromatic rings. The highest BCUT2D eigenvalue weighted by Crippen LogP contribution is 2.24. The Kier molecular flexibility index (Phi) is 5.39. The van der Waals surface area contributed by atoms with Gasteiger partial charge in [-0.1, -0.05) is 6.07 Å². The van der Waals surface area contributed by atoms with Crippen LogP contribution in [0.1, 0.15) is 29.9 Å². The van der Waals surface area contributed by atoms with Gasteiger partial charge in [-0.2, -0.15) is 0 Å². The molecule has 0 aliphatic carbocycles. The monoisotopic (exact) mass is 358 g/mol. The molecule has 0 unspecified atom stereocenters. The summed E-state index contributed by atoms with van der Waals surface area (Å²) in [5, 5.41) is 5.00. The first-order chi connectivity index (χ1) is 12.2. The van der Waals surface area contributed by atoms with E-state index in [1.807, 2.05) is 30.5 Å². The van der Waals surface area contributed by atoms with Gasteiger partial charge >= 0.3 is 5.97 Å². The van der Waals surface area contributed by atoms with Crippen LogP contribution >= 0.6 is 11.3 Å². The number of anilines is 1. The molecule has 130 valence electrons. The molecule has 0 saturated carbocycles. The fourth-order valence-electron chi connectivity index (χ4n) is 2.21. The number of thiophene rings is 1. The molecule has 0 fully saturated rings. The third kappa shape index (κ3) is 4.03. The van der Waals surface area contributed by atoms with Gasteiger partial charge in [0, 0.05) is 18.8 Å². The van der Waals surface area contributed by atoms with E-state index in [1.54, 1.807) is 13.1 Å². The summed E-state index contributed by atoms with van der Waals surface area (Å²) >= 11 is 1.42. The molecule has 3 heterocycles. The lowest BCUT2D eigenvalue weighted by Crippen LogP contribution is -2.11. The van der Waals surface area contributed by atoms with Crippen LogP contribution in [0.3, 0.4) is 0 Å². The number of ether oxygens (including phenoxy) is 2. The quantitative estimate of drug-likeness (QED) is 0.649. The molecule has 0 radical (unpaired) electrons. The normalized spacial score (nSPS) is 10.6. The highest BCUT2D eigenvalue weighted by atomic mass is 32.1. The molecule has 25 heavy (non-hydrogen) atoms. The minimum absolute atomic E-state index is 0.286. The predicted octanol–water partition coefficient (Wildman–Crippen LogP) is 3.27. The zero-order valence-electron chi connectivity index (χ0n) is 14.0. The Hall–Kier alpha value is -2.74. The number of pyridine rings is 1. The maximum Gasteiger partial charge on any atom is 0.358 e. The van der Waals surface area contributed by atoms with Gasteiger partial charge in [-0.05, 0) is 30.9 Å². The van der Waals surface area contributed by atoms with Crippen molar-refractivity contribution < 1.29 is 14.3 Å². The first-order valence-electron chi connectivity index (χ1n) is 7.95. The molecular formula is C17H18N4O3S. The summed E-state index contributed by atoms with van der Waals surface area (Å²) in [6.45, 7) is 5.04. The van der Waals surface area contributed by atoms with Crippen LogP contribution in [0.15, 0.2) is 29.8 Å². The SMILES string of the molecule is CCOC(=O)c1nc(NCc2ccc(OCC)nc2)nc2ccsc12. The van der Waals surface area contributed by atoms with Gasteiger partial charge in [-0.3, -0.25) is 0 Å². The van der Waals surface area contributed by atoms with E-state index in [2.05, 4.69) is 20.3 Å². The molecule has 3 rings (SSSR count). The molecule has 0 bridgehead atoms. The number of nitrogens with one attached hydrogen (secondary N) is 1. The number of rotatable bonds is 7. The minimum Gasteiger partial charge on any atom is -0.478 e. The van der Waals surface area contributed by atoms with Crippen LogP contribution in [0.25, 0.3) is 10.2 Å². The minimum atomic E-state index is -0.442. The van der Waals surface area contributed by atoms with Crippen molar-refractivity contribution in [3.8, 4) is 5.88 Å². The molecular weight excluding hydrogens is 340 g/mol. The predicted molar refractivity (Wildman–Crippen MR) is 96.1 cm³/mol. The topological polar surface area (TPSA) is 86.2 Å². The Morgan fingerprint density at radius 3 is 2.80 bits per heavy atom. The fraction of sp³-hybridized carbons (Fsp3) is 0.294. The van der Waals surface area contributed by atoms with E-state index >= 15 is 0 Å². The van der Waals surface area contributed by atoms with E-state index in [9.17, 15) is 4.79 Å². The van der Waals surface area contributed by atoms with E-state index in [-0.39, 0.29) is 5.69 Å². The van der Waals surface area contributed by atoms with Crippen molar-refractivity contribution in [1.82, 2.24) is 15.0 Å². The zero-order chi connectivity index (χ0) is 17.6. The van der Waals surface area contributed by atoms with Crippen LogP contribution in [-0.4, -0.2) is 34.1 Å². The standard InChI is InChI=1S/C17H18N4O3S/c1-3-23-13-6-5-11(9-18-13)10-19-17-20-12-7-8-25-15(12)14(21-17)16(22)24-4-2/h5-9H,3-4,10H2,1-2H3,(H,19,20,21). The van der Waals surface area contributed by atoms with Crippen molar-refractivity contribution in [1.29, 1.82) is 0 Å². The van der Waals surface area contributed by atoms with E-state index < -0.39 is 5.97 Å². The van der Waals surface area contributed by atoms with Crippen molar-refractivity contribution in [3.63, 3.8) is 0 Å². The number of carbonyl (C=O) groups excluding carboxylic acids is 1. The third-order valence-corrected chi connectivity index (χ3v) is 4.22. The number of nitrogens with zero attached hydrogens (tertiary/aromatic N) is 3. The number of hydrogen-bond donors (Lipinski definition) is 1. The van der Waals surface area contributed by atoms with Gasteiger partial charge in [0.1, 0.15) is 0 Å². The zero-order valence-corrected chi connectivity index (χ0v) is 14.8. The van der Waals surface area contributed by atoms with E-state index in [1.165, 1.54) is 11.3 Å². The highest BCUT2D eigenvalue weighted by Gasteiger charge is 2.17. The molecule has 0 spiro atoms. The maximum absolute atomic E-state index is 12.1. The fourth-order valence-corrected chi connectivity index (χ4v) is 3.02. The summed E-state index contributed by atoms with van der Waals surface area (Å²) in [6.07, 6.45) is 1.73. The summed E-state index contributed by atoms with van der Waals surface area (Å²) in [5.41, 5.74) is 1.96. The Morgan fingerprint density at radius 2 is 2.08 bits per heavy atom. The summed E-state index contributed by atoms with van der Waals surface area (Å²) in [5.74, 6) is 0.526. The number of aromatic nitrogens is 3. The number of carbonyl (C=O) groups is 1.